The molecule has 0 aliphatic heterocycles. The maximum atomic E-state index is 6.10. The Morgan fingerprint density at radius 3 is 2.65 bits per heavy atom. The molecule has 0 saturated carbocycles. The summed E-state index contributed by atoms with van der Waals surface area (Å²) in [5, 5.41) is 0. The monoisotopic (exact) mass is 228 g/mol. The summed E-state index contributed by atoms with van der Waals surface area (Å²) in [6, 6.07) is 12.8. The van der Waals surface area contributed by atoms with Crippen LogP contribution in [0.25, 0.3) is 0 Å². The molecule has 0 aliphatic rings. The SMILES string of the molecule is CCCC(N)c1ccn(Cc2ccccc2)c1. The van der Waals surface area contributed by atoms with Gasteiger partial charge in [-0.25, -0.2) is 0 Å². The van der Waals surface area contributed by atoms with Crippen LogP contribution in [0.1, 0.15) is 36.9 Å². The molecule has 2 rings (SSSR count). The van der Waals surface area contributed by atoms with Crippen molar-refractivity contribution >= 4 is 0 Å². The van der Waals surface area contributed by atoms with Crippen LogP contribution < -0.4 is 5.73 Å². The van der Waals surface area contributed by atoms with Crippen LogP contribution in [0.2, 0.25) is 0 Å². The van der Waals surface area contributed by atoms with Crippen molar-refractivity contribution in [2.24, 2.45) is 5.73 Å². The molecule has 1 atom stereocenters. The molecule has 90 valence electrons. The molecule has 17 heavy (non-hydrogen) atoms. The van der Waals surface area contributed by atoms with Crippen molar-refractivity contribution in [2.75, 3.05) is 0 Å². The molecule has 0 amide bonds. The molecule has 2 heteroatoms. The predicted molar refractivity (Wildman–Crippen MR) is 71.8 cm³/mol. The van der Waals surface area contributed by atoms with Gasteiger partial charge in [0.2, 0.25) is 0 Å². The zero-order valence-electron chi connectivity index (χ0n) is 10.3. The first kappa shape index (κ1) is 11.9. The number of aromatic nitrogens is 1. The van der Waals surface area contributed by atoms with Gasteiger partial charge >= 0.3 is 0 Å². The van der Waals surface area contributed by atoms with E-state index in [-0.39, 0.29) is 6.04 Å². The van der Waals surface area contributed by atoms with Gasteiger partial charge in [-0.2, -0.15) is 0 Å². The molecular formula is C15H20N2. The molecule has 1 unspecified atom stereocenters. The Bertz CT molecular complexity index is 445. The molecule has 0 aliphatic carbocycles. The number of hydrogen-bond acceptors (Lipinski definition) is 1. The molecule has 0 saturated heterocycles. The third-order valence-corrected chi connectivity index (χ3v) is 3.01. The van der Waals surface area contributed by atoms with Gasteiger partial charge < -0.3 is 10.3 Å². The van der Waals surface area contributed by atoms with E-state index in [0.717, 1.165) is 19.4 Å². The minimum absolute atomic E-state index is 0.178. The standard InChI is InChI=1S/C15H20N2/c1-2-6-15(16)14-9-10-17(12-14)11-13-7-4-3-5-8-13/h3-5,7-10,12,15H,2,6,11,16H2,1H3. The molecule has 0 fully saturated rings. The molecular weight excluding hydrogens is 208 g/mol. The number of benzene rings is 1. The van der Waals surface area contributed by atoms with E-state index in [1.165, 1.54) is 11.1 Å². The summed E-state index contributed by atoms with van der Waals surface area (Å²) >= 11 is 0. The smallest absolute Gasteiger partial charge is 0.0470 e. The molecule has 1 heterocycles. The average molecular weight is 228 g/mol. The average Bonchev–Trinajstić information content (AvgIpc) is 2.79. The first-order valence-corrected chi connectivity index (χ1v) is 6.24. The second kappa shape index (κ2) is 5.69. The third kappa shape index (κ3) is 3.21. The van der Waals surface area contributed by atoms with E-state index in [2.05, 4.69) is 54.2 Å². The first-order chi connectivity index (χ1) is 8.29. The largest absolute Gasteiger partial charge is 0.350 e. The molecule has 1 aromatic carbocycles. The summed E-state index contributed by atoms with van der Waals surface area (Å²) in [6.45, 7) is 3.08. The minimum atomic E-state index is 0.178. The summed E-state index contributed by atoms with van der Waals surface area (Å²) in [5.41, 5.74) is 8.66. The fraction of sp³-hybridized carbons (Fsp3) is 0.333. The van der Waals surface area contributed by atoms with E-state index in [0.29, 0.717) is 0 Å². The molecule has 0 bridgehead atoms. The highest BCUT2D eigenvalue weighted by molar-refractivity contribution is 5.19. The highest BCUT2D eigenvalue weighted by Crippen LogP contribution is 2.16. The topological polar surface area (TPSA) is 30.9 Å². The quantitative estimate of drug-likeness (QED) is 0.836. The molecule has 0 spiro atoms. The highest BCUT2D eigenvalue weighted by atomic mass is 14.9. The van der Waals surface area contributed by atoms with Crippen LogP contribution in [0.3, 0.4) is 0 Å². The summed E-state index contributed by atoms with van der Waals surface area (Å²) in [6.07, 6.45) is 6.45. The molecule has 0 radical (unpaired) electrons. The summed E-state index contributed by atoms with van der Waals surface area (Å²) in [4.78, 5) is 0. The van der Waals surface area contributed by atoms with E-state index in [9.17, 15) is 0 Å². The van der Waals surface area contributed by atoms with Crippen LogP contribution in [0.5, 0.6) is 0 Å². The van der Waals surface area contributed by atoms with Crippen molar-refractivity contribution in [3.8, 4) is 0 Å². The normalized spacial score (nSPS) is 12.6. The zero-order chi connectivity index (χ0) is 12.1. The van der Waals surface area contributed by atoms with Crippen LogP contribution in [-0.4, -0.2) is 4.57 Å². The summed E-state index contributed by atoms with van der Waals surface area (Å²) in [7, 11) is 0. The zero-order valence-corrected chi connectivity index (χ0v) is 10.3. The van der Waals surface area contributed by atoms with Gasteiger partial charge in [0.05, 0.1) is 0 Å². The van der Waals surface area contributed by atoms with Crippen molar-refractivity contribution in [3.05, 3.63) is 59.9 Å². The van der Waals surface area contributed by atoms with Crippen LogP contribution in [0.15, 0.2) is 48.8 Å². The Balaban J connectivity index is 2.04. The molecule has 1 aromatic heterocycles. The van der Waals surface area contributed by atoms with Crippen molar-refractivity contribution in [1.82, 2.24) is 4.57 Å². The Hall–Kier alpha value is -1.54. The van der Waals surface area contributed by atoms with Crippen LogP contribution in [-0.2, 0) is 6.54 Å². The molecule has 2 nitrogen and oxygen atoms in total. The Morgan fingerprint density at radius 1 is 1.18 bits per heavy atom. The van der Waals surface area contributed by atoms with E-state index >= 15 is 0 Å². The van der Waals surface area contributed by atoms with Crippen molar-refractivity contribution in [2.45, 2.75) is 32.4 Å². The van der Waals surface area contributed by atoms with E-state index < -0.39 is 0 Å². The maximum absolute atomic E-state index is 6.10. The lowest BCUT2D eigenvalue weighted by Crippen LogP contribution is -2.08. The van der Waals surface area contributed by atoms with Gasteiger partial charge in [0.25, 0.3) is 0 Å². The number of nitrogens with two attached hydrogens (primary N) is 1. The first-order valence-electron chi connectivity index (χ1n) is 6.24. The summed E-state index contributed by atoms with van der Waals surface area (Å²) in [5.74, 6) is 0. The van der Waals surface area contributed by atoms with E-state index in [1.54, 1.807) is 0 Å². The lowest BCUT2D eigenvalue weighted by atomic mass is 10.1. The minimum Gasteiger partial charge on any atom is -0.350 e. The van der Waals surface area contributed by atoms with Crippen molar-refractivity contribution in [1.29, 1.82) is 0 Å². The lowest BCUT2D eigenvalue weighted by Gasteiger charge is -2.07. The highest BCUT2D eigenvalue weighted by Gasteiger charge is 2.06. The fourth-order valence-corrected chi connectivity index (χ4v) is 2.05. The number of nitrogens with zero attached hydrogens (tertiary/aromatic N) is 1. The van der Waals surface area contributed by atoms with Gasteiger partial charge in [-0.3, -0.25) is 0 Å². The maximum Gasteiger partial charge on any atom is 0.0470 e. The van der Waals surface area contributed by atoms with Gasteiger partial charge in [-0.05, 0) is 23.6 Å². The Kier molecular flexibility index (Phi) is 3.99. The van der Waals surface area contributed by atoms with Crippen LogP contribution in [0.4, 0.5) is 0 Å². The van der Waals surface area contributed by atoms with Gasteiger partial charge in [0.15, 0.2) is 0 Å². The Labute approximate surface area is 103 Å². The van der Waals surface area contributed by atoms with E-state index in [4.69, 9.17) is 5.73 Å². The van der Waals surface area contributed by atoms with Crippen LogP contribution >= 0.6 is 0 Å². The third-order valence-electron chi connectivity index (χ3n) is 3.01. The van der Waals surface area contributed by atoms with Gasteiger partial charge in [-0.1, -0.05) is 43.7 Å². The second-order valence-corrected chi connectivity index (χ2v) is 4.50. The molecule has 2 N–H and O–H groups in total. The second-order valence-electron chi connectivity index (χ2n) is 4.50. The fourth-order valence-electron chi connectivity index (χ4n) is 2.05. The van der Waals surface area contributed by atoms with Crippen LogP contribution in [0, 0.1) is 0 Å². The lowest BCUT2D eigenvalue weighted by molar-refractivity contribution is 0.636. The van der Waals surface area contributed by atoms with Gasteiger partial charge in [-0.15, -0.1) is 0 Å². The molecule has 2 aromatic rings. The number of hydrogen-bond donors (Lipinski definition) is 1. The van der Waals surface area contributed by atoms with E-state index in [1.807, 2.05) is 6.07 Å². The van der Waals surface area contributed by atoms with Gasteiger partial charge in [0, 0.05) is 25.0 Å². The number of rotatable bonds is 5. The summed E-state index contributed by atoms with van der Waals surface area (Å²) < 4.78 is 2.19. The van der Waals surface area contributed by atoms with Crippen molar-refractivity contribution in [3.63, 3.8) is 0 Å². The predicted octanol–water partition coefficient (Wildman–Crippen LogP) is 3.34. The van der Waals surface area contributed by atoms with Crippen molar-refractivity contribution < 1.29 is 0 Å². The van der Waals surface area contributed by atoms with Gasteiger partial charge in [0.1, 0.15) is 0 Å². The Morgan fingerprint density at radius 2 is 1.94 bits per heavy atom.